The summed E-state index contributed by atoms with van der Waals surface area (Å²) in [6.45, 7) is 0. The molecule has 0 unspecified atom stereocenters. The molecular formula is C108H70. The fraction of sp³-hybridized carbons (Fsp3) is 0. The molecule has 21 aromatic carbocycles. The molecule has 0 heterocycles. The zero-order valence-electron chi connectivity index (χ0n) is 59.4. The molecule has 0 N–H and O–H groups in total. The summed E-state index contributed by atoms with van der Waals surface area (Å²) < 4.78 is 0. The fourth-order valence-electron chi connectivity index (χ4n) is 17.0. The molecular weight excluding hydrogens is 1300 g/mol. The highest BCUT2D eigenvalue weighted by Gasteiger charge is 2.21. The van der Waals surface area contributed by atoms with Crippen molar-refractivity contribution in [2.75, 3.05) is 0 Å². The molecule has 0 aliphatic rings. The number of fused-ring (bicyclic) bond motifs is 10. The first-order chi connectivity index (χ1) is 53.5. The van der Waals surface area contributed by atoms with Crippen molar-refractivity contribution >= 4 is 97.0 Å². The van der Waals surface area contributed by atoms with Crippen LogP contribution in [0.5, 0.6) is 0 Å². The van der Waals surface area contributed by atoms with Gasteiger partial charge in [-0.1, -0.05) is 376 Å². The second-order valence-electron chi connectivity index (χ2n) is 28.5. The highest BCUT2D eigenvalue weighted by atomic mass is 14.2. The van der Waals surface area contributed by atoms with E-state index in [1.54, 1.807) is 0 Å². The second kappa shape index (κ2) is 27.2. The molecule has 0 saturated carbocycles. The summed E-state index contributed by atoms with van der Waals surface area (Å²) in [4.78, 5) is 0. The van der Waals surface area contributed by atoms with Crippen LogP contribution in [0.1, 0.15) is 0 Å². The highest BCUT2D eigenvalue weighted by molar-refractivity contribution is 6.24. The summed E-state index contributed by atoms with van der Waals surface area (Å²) in [6.07, 6.45) is 0. The molecule has 108 heavy (non-hydrogen) atoms. The summed E-state index contributed by atoms with van der Waals surface area (Å²) in [5.41, 5.74) is 24.8. The quantitative estimate of drug-likeness (QED) is 0.0946. The number of hydrogen-bond donors (Lipinski definition) is 0. The lowest BCUT2D eigenvalue weighted by atomic mass is 9.85. The summed E-state index contributed by atoms with van der Waals surface area (Å²) in [7, 11) is 0. The van der Waals surface area contributed by atoms with Crippen molar-refractivity contribution < 1.29 is 0 Å². The maximum Gasteiger partial charge on any atom is -0.00262 e. The van der Waals surface area contributed by atoms with Gasteiger partial charge in [-0.2, -0.15) is 0 Å². The van der Waals surface area contributed by atoms with Crippen molar-refractivity contribution in [3.05, 3.63) is 425 Å². The molecule has 0 heteroatoms. The fourth-order valence-corrected chi connectivity index (χ4v) is 17.0. The van der Waals surface area contributed by atoms with Crippen molar-refractivity contribution in [2.24, 2.45) is 0 Å². The second-order valence-corrected chi connectivity index (χ2v) is 28.5. The third-order valence-corrected chi connectivity index (χ3v) is 22.2. The summed E-state index contributed by atoms with van der Waals surface area (Å²) in [6, 6.07) is 156. The predicted octanol–water partition coefficient (Wildman–Crippen LogP) is 30.4. The lowest BCUT2D eigenvalue weighted by molar-refractivity contribution is 1.61. The predicted molar refractivity (Wildman–Crippen MR) is 465 cm³/mol. The van der Waals surface area contributed by atoms with Crippen LogP contribution in [-0.2, 0) is 0 Å². The molecule has 0 aliphatic heterocycles. The molecule has 502 valence electrons. The van der Waals surface area contributed by atoms with E-state index in [-0.39, 0.29) is 0 Å². The first-order valence-corrected chi connectivity index (χ1v) is 37.4. The molecule has 0 radical (unpaired) electrons. The van der Waals surface area contributed by atoms with Crippen molar-refractivity contribution in [2.45, 2.75) is 0 Å². The van der Waals surface area contributed by atoms with Crippen molar-refractivity contribution in [3.63, 3.8) is 0 Å². The van der Waals surface area contributed by atoms with E-state index in [1.165, 1.54) is 208 Å². The molecule has 0 fully saturated rings. The zero-order chi connectivity index (χ0) is 71.4. The van der Waals surface area contributed by atoms with Gasteiger partial charge in [0.15, 0.2) is 0 Å². The van der Waals surface area contributed by atoms with Crippen LogP contribution in [-0.4, -0.2) is 0 Å². The Bertz CT molecular complexity index is 6950. The van der Waals surface area contributed by atoms with Crippen LogP contribution in [0.15, 0.2) is 425 Å². The summed E-state index contributed by atoms with van der Waals surface area (Å²) >= 11 is 0. The van der Waals surface area contributed by atoms with Gasteiger partial charge in [0.1, 0.15) is 0 Å². The van der Waals surface area contributed by atoms with Gasteiger partial charge in [0.05, 0.1) is 0 Å². The largest absolute Gasteiger partial charge is 0.0622 e. The van der Waals surface area contributed by atoms with Gasteiger partial charge in [0.2, 0.25) is 0 Å². The van der Waals surface area contributed by atoms with Crippen LogP contribution in [0.3, 0.4) is 0 Å². The average Bonchev–Trinajstić information content (AvgIpc) is 0.737. The molecule has 0 spiro atoms. The van der Waals surface area contributed by atoms with Gasteiger partial charge in [-0.05, 0) is 257 Å². The van der Waals surface area contributed by atoms with Gasteiger partial charge in [0, 0.05) is 0 Å². The van der Waals surface area contributed by atoms with Crippen LogP contribution in [0.2, 0.25) is 0 Å². The molecule has 0 nitrogen and oxygen atoms in total. The number of hydrogen-bond acceptors (Lipinski definition) is 0. The van der Waals surface area contributed by atoms with Crippen molar-refractivity contribution in [1.29, 1.82) is 0 Å². The van der Waals surface area contributed by atoms with Crippen LogP contribution in [0.4, 0.5) is 0 Å². The van der Waals surface area contributed by atoms with Gasteiger partial charge in [-0.25, -0.2) is 0 Å². The van der Waals surface area contributed by atoms with Crippen LogP contribution < -0.4 is 0 Å². The van der Waals surface area contributed by atoms with Crippen LogP contribution in [0.25, 0.3) is 208 Å². The molecule has 21 rings (SSSR count). The van der Waals surface area contributed by atoms with Gasteiger partial charge in [-0.3, -0.25) is 0 Å². The average molecular weight is 1370 g/mol. The Labute approximate surface area is 628 Å². The van der Waals surface area contributed by atoms with Gasteiger partial charge < -0.3 is 0 Å². The molecule has 0 saturated heterocycles. The van der Waals surface area contributed by atoms with Gasteiger partial charge in [0.25, 0.3) is 0 Å². The first-order valence-electron chi connectivity index (χ1n) is 37.4. The van der Waals surface area contributed by atoms with E-state index in [2.05, 4.69) is 425 Å². The van der Waals surface area contributed by atoms with Crippen molar-refractivity contribution in [1.82, 2.24) is 0 Å². The molecule has 0 bridgehead atoms. The van der Waals surface area contributed by atoms with E-state index in [0.717, 1.165) is 0 Å². The maximum absolute atomic E-state index is 2.39. The van der Waals surface area contributed by atoms with E-state index in [1.807, 2.05) is 0 Å². The smallest absolute Gasteiger partial charge is 0.00262 e. The molecule has 0 aliphatic carbocycles. The lowest BCUT2D eigenvalue weighted by Gasteiger charge is -2.18. The molecule has 0 atom stereocenters. The highest BCUT2D eigenvalue weighted by Crippen LogP contribution is 2.48. The normalized spacial score (nSPS) is 11.5. The van der Waals surface area contributed by atoms with Gasteiger partial charge >= 0.3 is 0 Å². The summed E-state index contributed by atoms with van der Waals surface area (Å²) in [5, 5.41) is 22.7. The summed E-state index contributed by atoms with van der Waals surface area (Å²) in [5.74, 6) is 0. The maximum atomic E-state index is 2.39. The minimum absolute atomic E-state index is 1.21. The lowest BCUT2D eigenvalue weighted by Crippen LogP contribution is -1.91. The van der Waals surface area contributed by atoms with Crippen molar-refractivity contribution in [3.8, 4) is 111 Å². The van der Waals surface area contributed by atoms with E-state index in [9.17, 15) is 0 Å². The Morgan fingerprint density at radius 1 is 0.0926 bits per heavy atom. The molecule has 21 aromatic rings. The third-order valence-electron chi connectivity index (χ3n) is 22.2. The third kappa shape index (κ3) is 11.6. The Kier molecular flexibility index (Phi) is 16.0. The SMILES string of the molecule is c1ccc(-c2cccc(-c3c4ccccc4c(-c4ccc5ccc(-c6ccc(-c7cc8ccccc8c8ccccc78)cc6)cc5c4)c4ccccc34)c2)cc1.c1ccc(-c2cccc(-c3c4ccccc4c(-c4ccc5ccc(-c6ccc(-c7ccc8ccccc8c7)cc6)cc5c4)c4ccccc34)c2)cc1. The Morgan fingerprint density at radius 3 is 0.722 bits per heavy atom. The zero-order valence-corrected chi connectivity index (χ0v) is 59.4. The molecule has 0 amide bonds. The number of benzene rings is 21. The minimum Gasteiger partial charge on any atom is -0.0622 e. The Balaban J connectivity index is 0.000000143. The van der Waals surface area contributed by atoms with E-state index >= 15 is 0 Å². The van der Waals surface area contributed by atoms with Gasteiger partial charge in [-0.15, -0.1) is 0 Å². The van der Waals surface area contributed by atoms with E-state index < -0.39 is 0 Å². The number of rotatable bonds is 10. The minimum atomic E-state index is 1.21. The van der Waals surface area contributed by atoms with E-state index in [0.29, 0.717) is 0 Å². The first kappa shape index (κ1) is 63.6. The Hall–Kier alpha value is -14.0. The topological polar surface area (TPSA) is 0 Å². The standard InChI is InChI=1S/C56H36.C52H34/c1-2-13-37(14-3-1)41-16-12-17-44(33-41)55-50-21-8-10-23-52(50)56(53-24-11-9-22-51(53)55)45-32-28-39-27-31-42(34-46(39)35-45)38-25-29-40(30-26-38)54-36-43-15-4-5-18-47(43)48-19-6-7-20-49(48)54;1-2-11-35(12-3-1)41-15-10-16-44(32-41)51-47-17-6-8-19-49(47)52(50-20-9-7-18-48(50)51)45-30-27-39-26-29-43(33-46(39)34-45)38-23-21-37(22-24-38)42-28-25-36-13-4-5-14-40(36)31-42/h1-36H;1-34H. The van der Waals surface area contributed by atoms with E-state index in [4.69, 9.17) is 0 Å². The Morgan fingerprint density at radius 2 is 0.324 bits per heavy atom. The molecule has 0 aromatic heterocycles. The van der Waals surface area contributed by atoms with Crippen LogP contribution in [0, 0.1) is 0 Å². The van der Waals surface area contributed by atoms with Crippen LogP contribution >= 0.6 is 0 Å². The monoisotopic (exact) mass is 1370 g/mol.